The molecule has 106 valence electrons. The average Bonchev–Trinajstić information content (AvgIpc) is 2.63. The monoisotopic (exact) mass is 268 g/mol. The molecule has 6 atom stereocenters. The van der Waals surface area contributed by atoms with Crippen LogP contribution in [-0.4, -0.2) is 84.6 Å². The van der Waals surface area contributed by atoms with Gasteiger partial charge in [0.1, 0.15) is 24.4 Å². The molecule has 1 rings (SSSR count). The zero-order valence-electron chi connectivity index (χ0n) is 9.25. The van der Waals surface area contributed by atoms with E-state index in [9.17, 15) is 25.2 Å². The molecule has 9 heteroatoms. The van der Waals surface area contributed by atoms with Crippen LogP contribution in [0.25, 0.3) is 0 Å². The van der Waals surface area contributed by atoms with Gasteiger partial charge in [0.15, 0.2) is 0 Å². The lowest BCUT2D eigenvalue weighted by Gasteiger charge is -2.28. The molecule has 0 aliphatic carbocycles. The fraction of sp³-hybridized carbons (Fsp3) is 0.889. The molecule has 1 unspecified atom stereocenters. The summed E-state index contributed by atoms with van der Waals surface area (Å²) < 4.78 is 4.60. The van der Waals surface area contributed by atoms with Crippen LogP contribution in [0.15, 0.2) is 0 Å². The number of hydrogen-bond donors (Lipinski definition) is 7. The van der Waals surface area contributed by atoms with Gasteiger partial charge in [-0.25, -0.2) is 4.79 Å². The minimum absolute atomic E-state index is 0.688. The SMILES string of the molecule is O=C(O)C1(O)C[C@@H](O)[C@H]([C@H](O)[C@H](O)[C@H](O)CO)O1. The summed E-state index contributed by atoms with van der Waals surface area (Å²) >= 11 is 0. The predicted octanol–water partition coefficient (Wildman–Crippen LogP) is -4.02. The van der Waals surface area contributed by atoms with Gasteiger partial charge < -0.3 is 40.5 Å². The minimum Gasteiger partial charge on any atom is -0.477 e. The van der Waals surface area contributed by atoms with E-state index in [1.54, 1.807) is 0 Å². The molecule has 1 aliphatic rings. The Labute approximate surface area is 101 Å². The second kappa shape index (κ2) is 5.45. The first-order valence-electron chi connectivity index (χ1n) is 5.19. The van der Waals surface area contributed by atoms with Crippen LogP contribution in [0.3, 0.4) is 0 Å². The van der Waals surface area contributed by atoms with Crippen LogP contribution in [0, 0.1) is 0 Å². The normalized spacial score (nSPS) is 37.2. The topological polar surface area (TPSA) is 168 Å². The van der Waals surface area contributed by atoms with Gasteiger partial charge in [-0.15, -0.1) is 0 Å². The van der Waals surface area contributed by atoms with Crippen molar-refractivity contribution in [2.24, 2.45) is 0 Å². The predicted molar refractivity (Wildman–Crippen MR) is 53.2 cm³/mol. The summed E-state index contributed by atoms with van der Waals surface area (Å²) in [7, 11) is 0. The highest BCUT2D eigenvalue weighted by Gasteiger charge is 2.54. The van der Waals surface area contributed by atoms with Crippen molar-refractivity contribution in [2.45, 2.75) is 42.7 Å². The average molecular weight is 268 g/mol. The highest BCUT2D eigenvalue weighted by atomic mass is 16.7. The molecule has 0 amide bonds. The van der Waals surface area contributed by atoms with Crippen LogP contribution < -0.4 is 0 Å². The second-order valence-electron chi connectivity index (χ2n) is 4.17. The van der Waals surface area contributed by atoms with Gasteiger partial charge in [-0.3, -0.25) is 0 Å². The lowest BCUT2D eigenvalue weighted by atomic mass is 9.99. The fourth-order valence-corrected chi connectivity index (χ4v) is 1.72. The van der Waals surface area contributed by atoms with Crippen molar-refractivity contribution in [3.05, 3.63) is 0 Å². The van der Waals surface area contributed by atoms with E-state index in [1.807, 2.05) is 0 Å². The van der Waals surface area contributed by atoms with Crippen LogP contribution in [0.4, 0.5) is 0 Å². The Kier molecular flexibility index (Phi) is 4.61. The van der Waals surface area contributed by atoms with Gasteiger partial charge in [0.2, 0.25) is 0 Å². The van der Waals surface area contributed by atoms with Gasteiger partial charge in [0.25, 0.3) is 5.79 Å². The van der Waals surface area contributed by atoms with E-state index in [1.165, 1.54) is 0 Å². The first-order chi connectivity index (χ1) is 8.23. The molecule has 0 spiro atoms. The molecule has 0 aromatic carbocycles. The Hall–Kier alpha value is -0.810. The minimum atomic E-state index is -2.66. The Morgan fingerprint density at radius 1 is 1.39 bits per heavy atom. The Morgan fingerprint density at radius 3 is 2.33 bits per heavy atom. The first-order valence-corrected chi connectivity index (χ1v) is 5.19. The number of rotatable bonds is 5. The molecule has 1 fully saturated rings. The number of carboxylic acid groups (broad SMARTS) is 1. The Morgan fingerprint density at radius 2 is 1.94 bits per heavy atom. The summed E-state index contributed by atoms with van der Waals surface area (Å²) in [6, 6.07) is 0. The van der Waals surface area contributed by atoms with Gasteiger partial charge in [-0.1, -0.05) is 0 Å². The zero-order valence-corrected chi connectivity index (χ0v) is 9.25. The number of carboxylic acids is 1. The fourth-order valence-electron chi connectivity index (χ4n) is 1.72. The largest absolute Gasteiger partial charge is 0.477 e. The number of aliphatic hydroxyl groups is 6. The number of aliphatic hydroxyl groups excluding tert-OH is 5. The van der Waals surface area contributed by atoms with Crippen LogP contribution >= 0.6 is 0 Å². The lowest BCUT2D eigenvalue weighted by molar-refractivity contribution is -0.233. The maximum atomic E-state index is 10.7. The molecule has 0 aromatic rings. The van der Waals surface area contributed by atoms with Gasteiger partial charge in [0.05, 0.1) is 12.7 Å². The van der Waals surface area contributed by atoms with E-state index in [4.69, 9.17) is 15.3 Å². The van der Waals surface area contributed by atoms with Crippen molar-refractivity contribution < 1.29 is 45.3 Å². The summed E-state index contributed by atoms with van der Waals surface area (Å²) in [5.74, 6) is -4.40. The third-order valence-corrected chi connectivity index (χ3v) is 2.80. The van der Waals surface area contributed by atoms with Crippen molar-refractivity contribution in [3.8, 4) is 0 Å². The van der Waals surface area contributed by atoms with E-state index in [-0.39, 0.29) is 0 Å². The summed E-state index contributed by atoms with van der Waals surface area (Å²) in [5.41, 5.74) is 0. The number of hydrogen-bond acceptors (Lipinski definition) is 8. The molecule has 1 saturated heterocycles. The van der Waals surface area contributed by atoms with E-state index in [0.717, 1.165) is 0 Å². The van der Waals surface area contributed by atoms with E-state index in [0.29, 0.717) is 0 Å². The van der Waals surface area contributed by atoms with Gasteiger partial charge in [-0.2, -0.15) is 0 Å². The number of ether oxygens (including phenoxy) is 1. The molecule has 7 N–H and O–H groups in total. The molecule has 1 aliphatic heterocycles. The van der Waals surface area contributed by atoms with Crippen LogP contribution in [-0.2, 0) is 9.53 Å². The molecule has 18 heavy (non-hydrogen) atoms. The quantitative estimate of drug-likeness (QED) is 0.262. The zero-order chi connectivity index (χ0) is 14.1. The van der Waals surface area contributed by atoms with Crippen molar-refractivity contribution in [3.63, 3.8) is 0 Å². The highest BCUT2D eigenvalue weighted by Crippen LogP contribution is 2.31. The highest BCUT2D eigenvalue weighted by molar-refractivity contribution is 5.75. The molecule has 0 aromatic heterocycles. The first kappa shape index (κ1) is 15.2. The van der Waals surface area contributed by atoms with Crippen LogP contribution in [0.2, 0.25) is 0 Å². The van der Waals surface area contributed by atoms with Crippen molar-refractivity contribution in [1.82, 2.24) is 0 Å². The third-order valence-electron chi connectivity index (χ3n) is 2.80. The van der Waals surface area contributed by atoms with Crippen LogP contribution in [0.5, 0.6) is 0 Å². The number of carbonyl (C=O) groups is 1. The van der Waals surface area contributed by atoms with Crippen molar-refractivity contribution in [2.75, 3.05) is 6.61 Å². The van der Waals surface area contributed by atoms with Crippen LogP contribution in [0.1, 0.15) is 6.42 Å². The maximum Gasteiger partial charge on any atom is 0.364 e. The van der Waals surface area contributed by atoms with Gasteiger partial charge in [-0.05, 0) is 0 Å². The van der Waals surface area contributed by atoms with Crippen molar-refractivity contribution in [1.29, 1.82) is 0 Å². The van der Waals surface area contributed by atoms with Gasteiger partial charge in [0, 0.05) is 6.42 Å². The Balaban J connectivity index is 2.76. The molecule has 1 heterocycles. The summed E-state index contributed by atoms with van der Waals surface area (Å²) in [5, 5.41) is 64.3. The summed E-state index contributed by atoms with van der Waals surface area (Å²) in [6.07, 6.45) is -9.23. The van der Waals surface area contributed by atoms with Crippen molar-refractivity contribution >= 4 is 5.97 Å². The second-order valence-corrected chi connectivity index (χ2v) is 4.17. The Bertz CT molecular complexity index is 308. The lowest BCUT2D eigenvalue weighted by Crippen LogP contribution is -2.49. The molecule has 0 radical (unpaired) electrons. The van der Waals surface area contributed by atoms with E-state index in [2.05, 4.69) is 4.74 Å². The standard InChI is InChI=1S/C9H16O9/c10-2-4(12)5(13)6(14)7-3(11)1-9(17,18-7)8(15)16/h3-7,10-14,17H,1-2H2,(H,15,16)/t3-,4-,5-,6-,7-,9?/m1/s1. The molecule has 0 saturated carbocycles. The summed E-state index contributed by atoms with van der Waals surface area (Å²) in [6.45, 7) is -0.843. The van der Waals surface area contributed by atoms with E-state index < -0.39 is 55.3 Å². The molecule has 9 nitrogen and oxygen atoms in total. The molecular formula is C9H16O9. The summed E-state index contributed by atoms with van der Waals surface area (Å²) in [4.78, 5) is 10.7. The van der Waals surface area contributed by atoms with Gasteiger partial charge >= 0.3 is 5.97 Å². The number of aliphatic carboxylic acids is 1. The molecule has 0 bridgehead atoms. The molecular weight excluding hydrogens is 252 g/mol. The third kappa shape index (κ3) is 2.78. The smallest absolute Gasteiger partial charge is 0.364 e. The van der Waals surface area contributed by atoms with E-state index >= 15 is 0 Å². The maximum absolute atomic E-state index is 10.7.